The fourth-order valence-electron chi connectivity index (χ4n) is 1.58. The Hall–Kier alpha value is -0.850. The molecule has 0 aliphatic heterocycles. The van der Waals surface area contributed by atoms with Gasteiger partial charge in [-0.05, 0) is 56.1 Å². The summed E-state index contributed by atoms with van der Waals surface area (Å²) >= 11 is 10.2. The van der Waals surface area contributed by atoms with Crippen LogP contribution < -0.4 is 10.6 Å². The first-order valence-electron chi connectivity index (χ1n) is 5.79. The molecular formula is C14H11Br3N2O. The molecular weight excluding hydrogens is 452 g/mol. The van der Waals surface area contributed by atoms with Crippen LogP contribution in [0.5, 0.6) is 0 Å². The maximum absolute atomic E-state index is 11.9. The molecule has 6 heteroatoms. The Morgan fingerprint density at radius 1 is 1.00 bits per heavy atom. The van der Waals surface area contributed by atoms with Crippen LogP contribution in [0.3, 0.4) is 0 Å². The predicted molar refractivity (Wildman–Crippen MR) is 93.1 cm³/mol. The molecule has 0 aliphatic carbocycles. The Labute approximate surface area is 142 Å². The highest BCUT2D eigenvalue weighted by atomic mass is 79.9. The number of hydrogen-bond acceptors (Lipinski definition) is 2. The summed E-state index contributed by atoms with van der Waals surface area (Å²) < 4.78 is 2.55. The van der Waals surface area contributed by atoms with E-state index in [0.29, 0.717) is 5.69 Å². The van der Waals surface area contributed by atoms with Gasteiger partial charge in [0.2, 0.25) is 5.91 Å². The van der Waals surface area contributed by atoms with Crippen molar-refractivity contribution in [2.45, 2.75) is 0 Å². The third-order valence-electron chi connectivity index (χ3n) is 2.50. The van der Waals surface area contributed by atoms with Crippen LogP contribution >= 0.6 is 47.8 Å². The molecule has 20 heavy (non-hydrogen) atoms. The van der Waals surface area contributed by atoms with E-state index in [1.165, 1.54) is 0 Å². The molecule has 2 rings (SSSR count). The normalized spacial score (nSPS) is 10.2. The van der Waals surface area contributed by atoms with Crippen LogP contribution in [0.25, 0.3) is 0 Å². The van der Waals surface area contributed by atoms with Crippen LogP contribution in [-0.2, 0) is 4.79 Å². The minimum absolute atomic E-state index is 0.113. The maximum Gasteiger partial charge on any atom is 0.243 e. The van der Waals surface area contributed by atoms with Gasteiger partial charge >= 0.3 is 0 Å². The number of anilines is 2. The van der Waals surface area contributed by atoms with Crippen molar-refractivity contribution in [2.24, 2.45) is 0 Å². The van der Waals surface area contributed by atoms with Gasteiger partial charge in [-0.3, -0.25) is 4.79 Å². The Balaban J connectivity index is 1.98. The van der Waals surface area contributed by atoms with Gasteiger partial charge in [0.15, 0.2) is 0 Å². The molecule has 2 aromatic carbocycles. The Morgan fingerprint density at radius 3 is 2.20 bits per heavy atom. The number of nitrogens with one attached hydrogen (secondary N) is 2. The standard InChI is InChI=1S/C14H11Br3N2O/c15-9-6-11(16)14(12(17)7-9)19-13(20)8-18-10-4-2-1-3-5-10/h1-7,18H,8H2,(H,19,20). The van der Waals surface area contributed by atoms with E-state index in [9.17, 15) is 4.79 Å². The van der Waals surface area contributed by atoms with Crippen molar-refractivity contribution in [2.75, 3.05) is 17.2 Å². The summed E-state index contributed by atoms with van der Waals surface area (Å²) in [6.45, 7) is 0.207. The van der Waals surface area contributed by atoms with E-state index in [1.54, 1.807) is 0 Å². The van der Waals surface area contributed by atoms with Crippen molar-refractivity contribution in [3.63, 3.8) is 0 Å². The zero-order chi connectivity index (χ0) is 14.5. The van der Waals surface area contributed by atoms with Gasteiger partial charge in [0.05, 0.1) is 12.2 Å². The summed E-state index contributed by atoms with van der Waals surface area (Å²) in [6.07, 6.45) is 0. The smallest absolute Gasteiger partial charge is 0.243 e. The van der Waals surface area contributed by atoms with Crippen molar-refractivity contribution in [1.82, 2.24) is 0 Å². The second-order valence-corrected chi connectivity index (χ2v) is 6.64. The summed E-state index contributed by atoms with van der Waals surface area (Å²) in [5.41, 5.74) is 1.63. The van der Waals surface area contributed by atoms with Gasteiger partial charge in [0.1, 0.15) is 0 Å². The molecule has 0 saturated heterocycles. The summed E-state index contributed by atoms with van der Waals surface area (Å²) in [6, 6.07) is 13.4. The number of para-hydroxylation sites is 1. The minimum atomic E-state index is -0.113. The number of carbonyl (C=O) groups is 1. The second-order valence-electron chi connectivity index (χ2n) is 4.01. The number of rotatable bonds is 4. The number of halogens is 3. The third-order valence-corrected chi connectivity index (χ3v) is 4.21. The van der Waals surface area contributed by atoms with E-state index in [0.717, 1.165) is 19.1 Å². The molecule has 3 nitrogen and oxygen atoms in total. The van der Waals surface area contributed by atoms with E-state index in [1.807, 2.05) is 42.5 Å². The van der Waals surface area contributed by atoms with Crippen LogP contribution in [0.4, 0.5) is 11.4 Å². The molecule has 0 bridgehead atoms. The SMILES string of the molecule is O=C(CNc1ccccc1)Nc1c(Br)cc(Br)cc1Br. The highest BCUT2D eigenvalue weighted by molar-refractivity contribution is 9.11. The molecule has 1 amide bonds. The minimum Gasteiger partial charge on any atom is -0.376 e. The summed E-state index contributed by atoms with van der Waals surface area (Å²) in [4.78, 5) is 11.9. The highest BCUT2D eigenvalue weighted by Crippen LogP contribution is 2.34. The average molecular weight is 463 g/mol. The molecule has 0 spiro atoms. The van der Waals surface area contributed by atoms with Crippen molar-refractivity contribution in [3.8, 4) is 0 Å². The molecule has 0 fully saturated rings. The van der Waals surface area contributed by atoms with Gasteiger partial charge in [-0.25, -0.2) is 0 Å². The molecule has 0 unspecified atom stereocenters. The fraction of sp³-hybridized carbons (Fsp3) is 0.0714. The molecule has 0 heterocycles. The van der Waals surface area contributed by atoms with E-state index in [4.69, 9.17) is 0 Å². The number of hydrogen-bond donors (Lipinski definition) is 2. The third kappa shape index (κ3) is 4.33. The highest BCUT2D eigenvalue weighted by Gasteiger charge is 2.10. The fourth-order valence-corrected chi connectivity index (χ4v) is 4.04. The van der Waals surface area contributed by atoms with E-state index in [2.05, 4.69) is 58.4 Å². The lowest BCUT2D eigenvalue weighted by atomic mass is 10.3. The van der Waals surface area contributed by atoms with Gasteiger partial charge in [0.25, 0.3) is 0 Å². The van der Waals surface area contributed by atoms with Crippen LogP contribution in [0.15, 0.2) is 55.9 Å². The molecule has 0 radical (unpaired) electrons. The topological polar surface area (TPSA) is 41.1 Å². The van der Waals surface area contributed by atoms with Gasteiger partial charge in [-0.15, -0.1) is 0 Å². The zero-order valence-corrected chi connectivity index (χ0v) is 15.0. The molecule has 104 valence electrons. The van der Waals surface area contributed by atoms with E-state index in [-0.39, 0.29) is 12.5 Å². The quantitative estimate of drug-likeness (QED) is 0.669. The molecule has 2 aromatic rings. The lowest BCUT2D eigenvalue weighted by Gasteiger charge is -2.11. The zero-order valence-electron chi connectivity index (χ0n) is 10.3. The van der Waals surface area contributed by atoms with Gasteiger partial charge in [-0.1, -0.05) is 34.1 Å². The van der Waals surface area contributed by atoms with E-state index >= 15 is 0 Å². The molecule has 0 aliphatic rings. The first kappa shape index (κ1) is 15.5. The monoisotopic (exact) mass is 460 g/mol. The van der Waals surface area contributed by atoms with Crippen molar-refractivity contribution in [3.05, 3.63) is 55.9 Å². The average Bonchev–Trinajstić information content (AvgIpc) is 2.42. The molecule has 0 aromatic heterocycles. The largest absolute Gasteiger partial charge is 0.376 e. The number of benzene rings is 2. The summed E-state index contributed by atoms with van der Waals surface area (Å²) in [7, 11) is 0. The van der Waals surface area contributed by atoms with Gasteiger partial charge in [-0.2, -0.15) is 0 Å². The van der Waals surface area contributed by atoms with Crippen LogP contribution in [0, 0.1) is 0 Å². The van der Waals surface area contributed by atoms with Crippen molar-refractivity contribution < 1.29 is 4.79 Å². The lowest BCUT2D eigenvalue weighted by Crippen LogP contribution is -2.22. The maximum atomic E-state index is 11.9. The Kier molecular flexibility index (Phi) is 5.63. The summed E-state index contributed by atoms with van der Waals surface area (Å²) in [5, 5.41) is 5.92. The van der Waals surface area contributed by atoms with Crippen molar-refractivity contribution >= 4 is 65.1 Å². The second kappa shape index (κ2) is 7.24. The molecule has 0 atom stereocenters. The number of carbonyl (C=O) groups excluding carboxylic acids is 1. The first-order valence-corrected chi connectivity index (χ1v) is 8.17. The van der Waals surface area contributed by atoms with Gasteiger partial charge in [0, 0.05) is 19.1 Å². The Morgan fingerprint density at radius 2 is 1.60 bits per heavy atom. The lowest BCUT2D eigenvalue weighted by molar-refractivity contribution is -0.114. The molecule has 0 saturated carbocycles. The Bertz CT molecular complexity index is 594. The summed E-state index contributed by atoms with van der Waals surface area (Å²) in [5.74, 6) is -0.113. The van der Waals surface area contributed by atoms with Crippen LogP contribution in [-0.4, -0.2) is 12.5 Å². The van der Waals surface area contributed by atoms with Gasteiger partial charge < -0.3 is 10.6 Å². The van der Waals surface area contributed by atoms with Crippen molar-refractivity contribution in [1.29, 1.82) is 0 Å². The first-order chi connectivity index (χ1) is 9.56. The predicted octanol–water partition coefficient (Wildman–Crippen LogP) is 5.02. The van der Waals surface area contributed by atoms with Crippen LogP contribution in [0.1, 0.15) is 0 Å². The molecule has 2 N–H and O–H groups in total. The van der Waals surface area contributed by atoms with E-state index < -0.39 is 0 Å². The van der Waals surface area contributed by atoms with Crippen LogP contribution in [0.2, 0.25) is 0 Å². The number of amides is 1.